The molecule has 0 N–H and O–H groups in total. The van der Waals surface area contributed by atoms with Gasteiger partial charge in [0.25, 0.3) is 0 Å². The van der Waals surface area contributed by atoms with Crippen molar-refractivity contribution in [2.45, 2.75) is 120 Å². The van der Waals surface area contributed by atoms with Crippen molar-refractivity contribution in [1.29, 1.82) is 0 Å². The zero-order valence-electron chi connectivity index (χ0n) is 22.2. The maximum atomic E-state index is 4.43. The number of hydrogen-bond acceptors (Lipinski definition) is 0. The van der Waals surface area contributed by atoms with Crippen molar-refractivity contribution in [1.82, 2.24) is 0 Å². The molecule has 0 amide bonds. The Morgan fingerprint density at radius 1 is 0.677 bits per heavy atom. The number of hydrogen-bond donors (Lipinski definition) is 0. The Morgan fingerprint density at radius 2 is 1.26 bits per heavy atom. The van der Waals surface area contributed by atoms with Crippen LogP contribution >= 0.6 is 0 Å². The molecule has 0 aliphatic heterocycles. The van der Waals surface area contributed by atoms with Gasteiger partial charge in [-0.3, -0.25) is 0 Å². The lowest BCUT2D eigenvalue weighted by atomic mass is 9.31. The van der Waals surface area contributed by atoms with Gasteiger partial charge >= 0.3 is 0 Å². The molecular formula is C31H52. The molecule has 5 rings (SSSR count). The highest BCUT2D eigenvalue weighted by atomic mass is 14.7. The summed E-state index contributed by atoms with van der Waals surface area (Å²) in [7, 11) is 0. The van der Waals surface area contributed by atoms with E-state index < -0.39 is 0 Å². The van der Waals surface area contributed by atoms with Gasteiger partial charge in [-0.1, -0.05) is 60.6 Å². The zero-order valence-corrected chi connectivity index (χ0v) is 22.2. The van der Waals surface area contributed by atoms with Crippen LogP contribution in [0, 0.1) is 62.6 Å². The molecule has 5 saturated carbocycles. The van der Waals surface area contributed by atoms with Crippen LogP contribution in [-0.2, 0) is 0 Å². The predicted octanol–water partition coefficient (Wildman–Crippen LogP) is 9.30. The Balaban J connectivity index is 1.53. The highest BCUT2D eigenvalue weighted by molar-refractivity contribution is 5.20. The first-order valence-corrected chi connectivity index (χ1v) is 13.9. The van der Waals surface area contributed by atoms with Gasteiger partial charge in [0.05, 0.1) is 0 Å². The van der Waals surface area contributed by atoms with Gasteiger partial charge in [0.2, 0.25) is 0 Å². The average Bonchev–Trinajstić information content (AvgIpc) is 2.98. The minimum absolute atomic E-state index is 0.523. The first kappa shape index (κ1) is 22.5. The highest BCUT2D eigenvalue weighted by Crippen LogP contribution is 2.78. The van der Waals surface area contributed by atoms with Gasteiger partial charge in [0.1, 0.15) is 0 Å². The standard InChI is InChI=1S/C31H52/c1-20(2)22-12-15-28(6)23(22)13-16-30(8)25(28)10-11-26-29(7)19-21(3)18-27(4,5)24(29)14-17-31(26,30)9/h21-26H,1,10-19H2,2-9H3/t21?,22-,23+,24+,25-,26-,28+,29+,30-,31-/m1/s1. The van der Waals surface area contributed by atoms with E-state index in [1.54, 1.807) is 0 Å². The molecule has 0 heteroatoms. The molecule has 0 nitrogen and oxygen atoms in total. The normalized spacial score (nSPS) is 57.9. The van der Waals surface area contributed by atoms with E-state index in [0.29, 0.717) is 27.1 Å². The lowest BCUT2D eigenvalue weighted by Gasteiger charge is -2.73. The van der Waals surface area contributed by atoms with E-state index in [1.165, 1.54) is 69.8 Å². The lowest BCUT2D eigenvalue weighted by molar-refractivity contribution is -0.244. The summed E-state index contributed by atoms with van der Waals surface area (Å²) in [5.74, 6) is 5.39. The van der Waals surface area contributed by atoms with Crippen LogP contribution in [0.1, 0.15) is 120 Å². The summed E-state index contributed by atoms with van der Waals surface area (Å²) >= 11 is 0. The fourth-order valence-electron chi connectivity index (χ4n) is 12.6. The van der Waals surface area contributed by atoms with Crippen molar-refractivity contribution >= 4 is 0 Å². The summed E-state index contributed by atoms with van der Waals surface area (Å²) in [5, 5.41) is 0. The van der Waals surface area contributed by atoms with Gasteiger partial charge in [-0.05, 0) is 134 Å². The second kappa shape index (κ2) is 6.66. The van der Waals surface area contributed by atoms with Gasteiger partial charge in [-0.15, -0.1) is 0 Å². The van der Waals surface area contributed by atoms with E-state index in [1.807, 2.05) is 0 Å². The largest absolute Gasteiger partial charge is 0.0999 e. The summed E-state index contributed by atoms with van der Waals surface area (Å²) in [6.45, 7) is 25.6. The molecule has 0 radical (unpaired) electrons. The molecule has 0 spiro atoms. The number of rotatable bonds is 1. The maximum Gasteiger partial charge on any atom is -0.0175 e. The molecule has 0 aromatic heterocycles. The fourth-order valence-corrected chi connectivity index (χ4v) is 12.6. The molecule has 5 aliphatic carbocycles. The quantitative estimate of drug-likeness (QED) is 0.368. The maximum absolute atomic E-state index is 4.43. The first-order chi connectivity index (χ1) is 14.3. The minimum Gasteiger partial charge on any atom is -0.0999 e. The molecule has 0 aromatic rings. The molecule has 5 fully saturated rings. The molecule has 0 bridgehead atoms. The third kappa shape index (κ3) is 2.72. The smallest absolute Gasteiger partial charge is 0.0175 e. The van der Waals surface area contributed by atoms with Crippen molar-refractivity contribution in [2.24, 2.45) is 62.6 Å². The summed E-state index contributed by atoms with van der Waals surface area (Å²) in [6, 6.07) is 0. The Morgan fingerprint density at radius 3 is 1.87 bits per heavy atom. The molecule has 5 aliphatic rings. The summed E-state index contributed by atoms with van der Waals surface area (Å²) in [5.41, 5.74) is 4.17. The van der Waals surface area contributed by atoms with Crippen molar-refractivity contribution in [3.63, 3.8) is 0 Å². The summed E-state index contributed by atoms with van der Waals surface area (Å²) < 4.78 is 0. The topological polar surface area (TPSA) is 0 Å². The van der Waals surface area contributed by atoms with Crippen LogP contribution in [0.3, 0.4) is 0 Å². The van der Waals surface area contributed by atoms with Gasteiger partial charge in [-0.25, -0.2) is 0 Å². The van der Waals surface area contributed by atoms with Crippen LogP contribution in [0.15, 0.2) is 12.2 Å². The first-order valence-electron chi connectivity index (χ1n) is 13.9. The average molecular weight is 425 g/mol. The second-order valence-corrected chi connectivity index (χ2v) is 15.3. The third-order valence-corrected chi connectivity index (χ3v) is 13.5. The lowest BCUT2D eigenvalue weighted by Crippen LogP contribution is -2.66. The molecule has 176 valence electrons. The van der Waals surface area contributed by atoms with E-state index in [9.17, 15) is 0 Å². The predicted molar refractivity (Wildman–Crippen MR) is 134 cm³/mol. The Hall–Kier alpha value is -0.260. The third-order valence-electron chi connectivity index (χ3n) is 13.5. The van der Waals surface area contributed by atoms with Crippen LogP contribution in [0.25, 0.3) is 0 Å². The summed E-state index contributed by atoms with van der Waals surface area (Å²) in [6.07, 6.45) is 14.7. The Labute approximate surface area is 194 Å². The Bertz CT molecular complexity index is 760. The van der Waals surface area contributed by atoms with Crippen LogP contribution in [0.5, 0.6) is 0 Å². The SMILES string of the molecule is C=C(C)[C@H]1CC[C@]2(C)[C@H]3CC[C@@H]4[C@@]5(C)CC(C)CC(C)(C)[C@@H]5CC[C@@]4(C)[C@]3(C)CC[C@@H]12. The van der Waals surface area contributed by atoms with Gasteiger partial charge < -0.3 is 0 Å². The Kier molecular flexibility index (Phi) is 4.84. The zero-order chi connectivity index (χ0) is 22.6. The van der Waals surface area contributed by atoms with Crippen molar-refractivity contribution in [3.8, 4) is 0 Å². The molecular weight excluding hydrogens is 372 g/mol. The second-order valence-electron chi connectivity index (χ2n) is 15.3. The molecule has 31 heavy (non-hydrogen) atoms. The van der Waals surface area contributed by atoms with Crippen LogP contribution in [0.4, 0.5) is 0 Å². The molecule has 0 heterocycles. The van der Waals surface area contributed by atoms with Gasteiger partial charge in [-0.2, -0.15) is 0 Å². The molecule has 0 aromatic carbocycles. The van der Waals surface area contributed by atoms with Crippen LogP contribution in [0.2, 0.25) is 0 Å². The van der Waals surface area contributed by atoms with E-state index in [4.69, 9.17) is 0 Å². The molecule has 1 unspecified atom stereocenters. The van der Waals surface area contributed by atoms with E-state index >= 15 is 0 Å². The number of allylic oxidation sites excluding steroid dienone is 1. The number of fused-ring (bicyclic) bond motifs is 7. The van der Waals surface area contributed by atoms with Crippen molar-refractivity contribution < 1.29 is 0 Å². The van der Waals surface area contributed by atoms with E-state index in [0.717, 1.165) is 35.5 Å². The van der Waals surface area contributed by atoms with Gasteiger partial charge in [0.15, 0.2) is 0 Å². The highest BCUT2D eigenvalue weighted by Gasteiger charge is 2.70. The van der Waals surface area contributed by atoms with Crippen molar-refractivity contribution in [3.05, 3.63) is 12.2 Å². The molecule has 0 saturated heterocycles. The monoisotopic (exact) mass is 424 g/mol. The van der Waals surface area contributed by atoms with Crippen LogP contribution in [-0.4, -0.2) is 0 Å². The van der Waals surface area contributed by atoms with E-state index in [2.05, 4.69) is 62.0 Å². The van der Waals surface area contributed by atoms with E-state index in [-0.39, 0.29) is 0 Å². The van der Waals surface area contributed by atoms with Crippen LogP contribution < -0.4 is 0 Å². The minimum atomic E-state index is 0.523. The summed E-state index contributed by atoms with van der Waals surface area (Å²) in [4.78, 5) is 0. The van der Waals surface area contributed by atoms with Crippen molar-refractivity contribution in [2.75, 3.05) is 0 Å². The fraction of sp³-hybridized carbons (Fsp3) is 0.935. The molecule has 10 atom stereocenters. The van der Waals surface area contributed by atoms with Gasteiger partial charge in [0, 0.05) is 0 Å².